The van der Waals surface area contributed by atoms with Crippen LogP contribution in [0.2, 0.25) is 0 Å². The fourth-order valence-electron chi connectivity index (χ4n) is 2.39. The maximum absolute atomic E-state index is 9.80. The summed E-state index contributed by atoms with van der Waals surface area (Å²) in [6.45, 7) is 7.36. The molecule has 1 aliphatic heterocycles. The summed E-state index contributed by atoms with van der Waals surface area (Å²) >= 11 is 0. The number of nitrogens with zero attached hydrogens (tertiary/aromatic N) is 1. The molecule has 1 saturated heterocycles. The molecular weight excluding hydrogens is 176 g/mol. The maximum atomic E-state index is 9.80. The Morgan fingerprint density at radius 2 is 2.14 bits per heavy atom. The first-order valence-corrected chi connectivity index (χ1v) is 5.83. The number of hydrogen-bond acceptors (Lipinski definition) is 3. The average Bonchev–Trinajstić information content (AvgIpc) is 2.16. The monoisotopic (exact) mass is 200 g/mol. The molecule has 1 rings (SSSR count). The van der Waals surface area contributed by atoms with E-state index in [2.05, 4.69) is 11.8 Å². The van der Waals surface area contributed by atoms with E-state index in [1.807, 2.05) is 6.92 Å². The first-order chi connectivity index (χ1) is 6.67. The fourth-order valence-corrected chi connectivity index (χ4v) is 2.39. The van der Waals surface area contributed by atoms with Crippen molar-refractivity contribution in [1.82, 2.24) is 4.90 Å². The predicted molar refractivity (Wildman–Crippen MR) is 59.1 cm³/mol. The molecule has 0 aromatic heterocycles. The van der Waals surface area contributed by atoms with Crippen molar-refractivity contribution in [3.63, 3.8) is 0 Å². The fraction of sp³-hybridized carbons (Fsp3) is 1.00. The smallest absolute Gasteiger partial charge is 0.0578 e. The number of piperidine rings is 1. The van der Waals surface area contributed by atoms with Crippen molar-refractivity contribution in [2.45, 2.75) is 45.3 Å². The van der Waals surface area contributed by atoms with Gasteiger partial charge in [0.2, 0.25) is 0 Å². The summed E-state index contributed by atoms with van der Waals surface area (Å²) in [5.74, 6) is 0.385. The molecule has 0 spiro atoms. The molecule has 0 radical (unpaired) electrons. The maximum Gasteiger partial charge on any atom is 0.0578 e. The van der Waals surface area contributed by atoms with Gasteiger partial charge in [0.05, 0.1) is 6.10 Å². The second kappa shape index (κ2) is 5.69. The highest BCUT2D eigenvalue weighted by Gasteiger charge is 2.28. The van der Waals surface area contributed by atoms with Gasteiger partial charge in [-0.1, -0.05) is 13.8 Å². The number of aliphatic hydroxyl groups excluding tert-OH is 1. The SMILES string of the molecule is CCCN1CC(N)CC(C(O)CC)C1. The van der Waals surface area contributed by atoms with Crippen molar-refractivity contribution < 1.29 is 5.11 Å². The highest BCUT2D eigenvalue weighted by molar-refractivity contribution is 4.84. The van der Waals surface area contributed by atoms with E-state index in [9.17, 15) is 5.11 Å². The Morgan fingerprint density at radius 3 is 2.71 bits per heavy atom. The van der Waals surface area contributed by atoms with E-state index in [0.29, 0.717) is 5.92 Å². The third kappa shape index (κ3) is 3.23. The number of likely N-dealkylation sites (tertiary alicyclic amines) is 1. The van der Waals surface area contributed by atoms with Crippen LogP contribution in [0.25, 0.3) is 0 Å². The molecule has 3 unspecified atom stereocenters. The van der Waals surface area contributed by atoms with Crippen molar-refractivity contribution in [3.05, 3.63) is 0 Å². The third-order valence-corrected chi connectivity index (χ3v) is 3.09. The molecule has 3 atom stereocenters. The van der Waals surface area contributed by atoms with Crippen LogP contribution in [-0.2, 0) is 0 Å². The van der Waals surface area contributed by atoms with Gasteiger partial charge in [0.1, 0.15) is 0 Å². The summed E-state index contributed by atoms with van der Waals surface area (Å²) in [5, 5.41) is 9.80. The zero-order chi connectivity index (χ0) is 10.6. The van der Waals surface area contributed by atoms with Gasteiger partial charge in [0, 0.05) is 19.1 Å². The summed E-state index contributed by atoms with van der Waals surface area (Å²) in [4.78, 5) is 2.39. The van der Waals surface area contributed by atoms with Crippen molar-refractivity contribution in [2.24, 2.45) is 11.7 Å². The number of aliphatic hydroxyl groups is 1. The number of nitrogens with two attached hydrogens (primary N) is 1. The first-order valence-electron chi connectivity index (χ1n) is 5.83. The standard InChI is InChI=1S/C11H24N2O/c1-3-5-13-7-9(11(14)4-2)6-10(12)8-13/h9-11,14H,3-8,12H2,1-2H3. The van der Waals surface area contributed by atoms with Crippen molar-refractivity contribution in [3.8, 4) is 0 Å². The van der Waals surface area contributed by atoms with E-state index in [-0.39, 0.29) is 12.1 Å². The van der Waals surface area contributed by atoms with Gasteiger partial charge in [0.15, 0.2) is 0 Å². The van der Waals surface area contributed by atoms with Gasteiger partial charge in [-0.05, 0) is 31.7 Å². The van der Waals surface area contributed by atoms with E-state index in [4.69, 9.17) is 5.73 Å². The highest BCUT2D eigenvalue weighted by atomic mass is 16.3. The lowest BCUT2D eigenvalue weighted by atomic mass is 9.89. The molecule has 3 N–H and O–H groups in total. The summed E-state index contributed by atoms with van der Waals surface area (Å²) in [5.41, 5.74) is 5.99. The third-order valence-electron chi connectivity index (χ3n) is 3.09. The van der Waals surface area contributed by atoms with Crippen molar-refractivity contribution >= 4 is 0 Å². The Morgan fingerprint density at radius 1 is 1.43 bits per heavy atom. The van der Waals surface area contributed by atoms with Gasteiger partial charge in [-0.3, -0.25) is 0 Å². The molecule has 0 saturated carbocycles. The second-order valence-corrected chi connectivity index (χ2v) is 4.49. The minimum absolute atomic E-state index is 0.166. The molecule has 0 aromatic rings. The summed E-state index contributed by atoms with van der Waals surface area (Å²) in [6.07, 6.45) is 2.83. The van der Waals surface area contributed by atoms with Gasteiger partial charge in [-0.2, -0.15) is 0 Å². The Balaban J connectivity index is 2.45. The van der Waals surface area contributed by atoms with Gasteiger partial charge < -0.3 is 15.7 Å². The largest absolute Gasteiger partial charge is 0.393 e. The molecule has 0 bridgehead atoms. The summed E-state index contributed by atoms with van der Waals surface area (Å²) in [6, 6.07) is 0.251. The minimum atomic E-state index is -0.166. The molecule has 3 heteroatoms. The Hall–Kier alpha value is -0.120. The first kappa shape index (κ1) is 12.0. The van der Waals surface area contributed by atoms with Crippen LogP contribution in [-0.4, -0.2) is 41.8 Å². The Bertz CT molecular complexity index is 163. The van der Waals surface area contributed by atoms with E-state index in [1.165, 1.54) is 6.42 Å². The molecule has 1 aliphatic rings. The van der Waals surface area contributed by atoms with Crippen LogP contribution in [0, 0.1) is 5.92 Å². The van der Waals surface area contributed by atoms with E-state index in [0.717, 1.165) is 32.5 Å². The predicted octanol–water partition coefficient (Wildman–Crippen LogP) is 0.816. The van der Waals surface area contributed by atoms with Crippen LogP contribution in [0.1, 0.15) is 33.1 Å². The molecule has 14 heavy (non-hydrogen) atoms. The lowest BCUT2D eigenvalue weighted by Gasteiger charge is -2.38. The highest BCUT2D eigenvalue weighted by Crippen LogP contribution is 2.20. The minimum Gasteiger partial charge on any atom is -0.393 e. The molecule has 1 fully saturated rings. The zero-order valence-electron chi connectivity index (χ0n) is 9.45. The number of rotatable bonds is 4. The van der Waals surface area contributed by atoms with Crippen LogP contribution >= 0.6 is 0 Å². The molecule has 0 aromatic carbocycles. The van der Waals surface area contributed by atoms with Gasteiger partial charge in [-0.25, -0.2) is 0 Å². The van der Waals surface area contributed by atoms with Crippen LogP contribution in [0.3, 0.4) is 0 Å². The van der Waals surface area contributed by atoms with Crippen LogP contribution in [0.15, 0.2) is 0 Å². The summed E-state index contributed by atoms with van der Waals surface area (Å²) < 4.78 is 0. The average molecular weight is 200 g/mol. The van der Waals surface area contributed by atoms with E-state index >= 15 is 0 Å². The normalized spacial score (nSPS) is 31.7. The quantitative estimate of drug-likeness (QED) is 0.706. The van der Waals surface area contributed by atoms with Crippen molar-refractivity contribution in [2.75, 3.05) is 19.6 Å². The lowest BCUT2D eigenvalue weighted by Crippen LogP contribution is -2.49. The van der Waals surface area contributed by atoms with Crippen molar-refractivity contribution in [1.29, 1.82) is 0 Å². The topological polar surface area (TPSA) is 49.5 Å². The molecule has 0 amide bonds. The van der Waals surface area contributed by atoms with Crippen LogP contribution in [0.4, 0.5) is 0 Å². The lowest BCUT2D eigenvalue weighted by molar-refractivity contribution is 0.0416. The summed E-state index contributed by atoms with van der Waals surface area (Å²) in [7, 11) is 0. The Kier molecular flexibility index (Phi) is 4.85. The second-order valence-electron chi connectivity index (χ2n) is 4.49. The zero-order valence-corrected chi connectivity index (χ0v) is 9.45. The molecule has 0 aliphatic carbocycles. The van der Waals surface area contributed by atoms with Crippen LogP contribution in [0.5, 0.6) is 0 Å². The van der Waals surface area contributed by atoms with Gasteiger partial charge in [0.25, 0.3) is 0 Å². The van der Waals surface area contributed by atoms with Gasteiger partial charge >= 0.3 is 0 Å². The molecule has 84 valence electrons. The Labute approximate surface area is 87.3 Å². The molecule has 1 heterocycles. The van der Waals surface area contributed by atoms with E-state index in [1.54, 1.807) is 0 Å². The molecule has 3 nitrogen and oxygen atoms in total. The number of hydrogen-bond donors (Lipinski definition) is 2. The van der Waals surface area contributed by atoms with Crippen LogP contribution < -0.4 is 5.73 Å². The van der Waals surface area contributed by atoms with E-state index < -0.39 is 0 Å². The molecular formula is C11H24N2O. The van der Waals surface area contributed by atoms with Gasteiger partial charge in [-0.15, -0.1) is 0 Å².